The minimum absolute atomic E-state index is 0.0717. The Morgan fingerprint density at radius 2 is 1.67 bits per heavy atom. The lowest BCUT2D eigenvalue weighted by molar-refractivity contribution is 0.128. The lowest BCUT2D eigenvalue weighted by atomic mass is 9.76. The van der Waals surface area contributed by atoms with Gasteiger partial charge in [-0.05, 0) is 37.0 Å². The topological polar surface area (TPSA) is 60.9 Å². The maximum atomic E-state index is 12.8. The van der Waals surface area contributed by atoms with E-state index in [0.29, 0.717) is 25.6 Å². The molecule has 0 bridgehead atoms. The fourth-order valence-electron chi connectivity index (χ4n) is 3.56. The molecule has 1 atom stereocenters. The molecule has 1 N–H and O–H groups in total. The van der Waals surface area contributed by atoms with Crippen LogP contribution >= 0.6 is 0 Å². The molecule has 1 unspecified atom stereocenters. The van der Waals surface area contributed by atoms with Gasteiger partial charge >= 0.3 is 0 Å². The fourth-order valence-corrected chi connectivity index (χ4v) is 5.44. The van der Waals surface area contributed by atoms with E-state index in [2.05, 4.69) is 20.8 Å². The van der Waals surface area contributed by atoms with Crippen LogP contribution in [0.1, 0.15) is 52.9 Å². The van der Waals surface area contributed by atoms with Crippen LogP contribution in [0.2, 0.25) is 0 Å². The summed E-state index contributed by atoms with van der Waals surface area (Å²) in [5.74, 6) is 0.582. The molecule has 5 nitrogen and oxygen atoms in total. The van der Waals surface area contributed by atoms with Crippen molar-refractivity contribution in [3.05, 3.63) is 0 Å². The molecular weight excluding hydrogens is 288 g/mol. The second-order valence-corrected chi connectivity index (χ2v) is 9.37. The molecular formula is C15H30N2O3S. The summed E-state index contributed by atoms with van der Waals surface area (Å²) >= 11 is 0. The molecule has 0 saturated carbocycles. The van der Waals surface area contributed by atoms with Gasteiger partial charge in [-0.1, -0.05) is 27.2 Å². The lowest BCUT2D eigenvalue weighted by Gasteiger charge is -2.42. The Kier molecular flexibility index (Phi) is 5.34. The molecule has 0 spiro atoms. The number of rotatable bonds is 3. The largest absolute Gasteiger partial charge is 0.395 e. The van der Waals surface area contributed by atoms with E-state index in [-0.39, 0.29) is 18.1 Å². The first-order valence-corrected chi connectivity index (χ1v) is 9.54. The number of aliphatic hydroxyl groups is 1. The third-order valence-electron chi connectivity index (χ3n) is 5.09. The van der Waals surface area contributed by atoms with Gasteiger partial charge in [-0.3, -0.25) is 0 Å². The Balaban J connectivity index is 2.04. The van der Waals surface area contributed by atoms with E-state index < -0.39 is 10.2 Å². The lowest BCUT2D eigenvalue weighted by Crippen LogP contribution is -2.53. The Morgan fingerprint density at radius 1 is 1.05 bits per heavy atom. The van der Waals surface area contributed by atoms with Gasteiger partial charge in [0.05, 0.1) is 6.61 Å². The molecule has 2 fully saturated rings. The highest BCUT2D eigenvalue weighted by atomic mass is 32.2. The third-order valence-corrected chi connectivity index (χ3v) is 7.18. The first kappa shape index (κ1) is 17.2. The Hall–Kier alpha value is -0.170. The van der Waals surface area contributed by atoms with Gasteiger partial charge in [0, 0.05) is 25.7 Å². The monoisotopic (exact) mass is 318 g/mol. The molecule has 2 heterocycles. The van der Waals surface area contributed by atoms with Crippen LogP contribution in [0.3, 0.4) is 0 Å². The molecule has 0 aromatic rings. The van der Waals surface area contributed by atoms with E-state index in [0.717, 1.165) is 32.1 Å². The molecule has 0 aliphatic carbocycles. The predicted octanol–water partition coefficient (Wildman–Crippen LogP) is 1.84. The van der Waals surface area contributed by atoms with Gasteiger partial charge in [-0.15, -0.1) is 0 Å². The highest BCUT2D eigenvalue weighted by Crippen LogP contribution is 2.35. The molecule has 0 radical (unpaired) electrons. The van der Waals surface area contributed by atoms with E-state index in [1.165, 1.54) is 4.31 Å². The van der Waals surface area contributed by atoms with Gasteiger partial charge in [0.25, 0.3) is 10.2 Å². The molecule has 2 saturated heterocycles. The maximum absolute atomic E-state index is 12.8. The highest BCUT2D eigenvalue weighted by Gasteiger charge is 2.39. The molecule has 0 amide bonds. The second-order valence-electron chi connectivity index (χ2n) is 7.49. The molecule has 6 heteroatoms. The molecule has 2 rings (SSSR count). The van der Waals surface area contributed by atoms with Crippen LogP contribution in [0.5, 0.6) is 0 Å². The van der Waals surface area contributed by atoms with Crippen molar-refractivity contribution in [3.8, 4) is 0 Å². The number of hydrogen-bond donors (Lipinski definition) is 1. The molecule has 2 aliphatic heterocycles. The van der Waals surface area contributed by atoms with Crippen molar-refractivity contribution in [1.82, 2.24) is 8.61 Å². The molecule has 21 heavy (non-hydrogen) atoms. The van der Waals surface area contributed by atoms with Gasteiger partial charge in [0.1, 0.15) is 0 Å². The van der Waals surface area contributed by atoms with E-state index >= 15 is 0 Å². The highest BCUT2D eigenvalue weighted by molar-refractivity contribution is 7.86. The van der Waals surface area contributed by atoms with Crippen molar-refractivity contribution >= 4 is 10.2 Å². The Labute approximate surface area is 129 Å². The first-order chi connectivity index (χ1) is 9.76. The summed E-state index contributed by atoms with van der Waals surface area (Å²) in [4.78, 5) is 0. The van der Waals surface area contributed by atoms with E-state index in [4.69, 9.17) is 0 Å². The van der Waals surface area contributed by atoms with Crippen LogP contribution in [-0.2, 0) is 10.2 Å². The third kappa shape index (κ3) is 3.78. The molecule has 124 valence electrons. The summed E-state index contributed by atoms with van der Waals surface area (Å²) < 4.78 is 28.8. The summed E-state index contributed by atoms with van der Waals surface area (Å²) in [6.07, 6.45) is 4.53. The van der Waals surface area contributed by atoms with Gasteiger partial charge in [-0.25, -0.2) is 0 Å². The minimum atomic E-state index is -3.41. The quantitative estimate of drug-likeness (QED) is 0.863. The summed E-state index contributed by atoms with van der Waals surface area (Å²) in [7, 11) is -3.41. The number of hydrogen-bond acceptors (Lipinski definition) is 3. The normalized spacial score (nSPS) is 27.9. The average Bonchev–Trinajstić information content (AvgIpc) is 2.46. The summed E-state index contributed by atoms with van der Waals surface area (Å²) in [6, 6.07) is -0.232. The van der Waals surface area contributed by atoms with Crippen LogP contribution < -0.4 is 0 Å². The van der Waals surface area contributed by atoms with Crippen molar-refractivity contribution < 1.29 is 13.5 Å². The molecule has 2 aliphatic rings. The van der Waals surface area contributed by atoms with Gasteiger partial charge in [-0.2, -0.15) is 17.0 Å². The predicted molar refractivity (Wildman–Crippen MR) is 84.1 cm³/mol. The van der Waals surface area contributed by atoms with E-state index in [1.54, 1.807) is 4.31 Å². The Morgan fingerprint density at radius 3 is 2.19 bits per heavy atom. The zero-order valence-electron chi connectivity index (χ0n) is 13.6. The number of piperidine rings is 2. The zero-order chi connectivity index (χ0) is 15.7. The van der Waals surface area contributed by atoms with Gasteiger partial charge in [0.15, 0.2) is 0 Å². The van der Waals surface area contributed by atoms with Gasteiger partial charge in [0.2, 0.25) is 0 Å². The van der Waals surface area contributed by atoms with Crippen LogP contribution in [0, 0.1) is 11.3 Å². The standard InChI is InChI=1S/C15H30N2O3S/c1-15(2,3)13-7-10-16(11-8-13)21(19,20)17-9-5-4-6-14(17)12-18/h13-14,18H,4-12H2,1-3H3. The second kappa shape index (κ2) is 6.52. The van der Waals surface area contributed by atoms with Crippen molar-refractivity contribution in [1.29, 1.82) is 0 Å². The maximum Gasteiger partial charge on any atom is 0.282 e. The van der Waals surface area contributed by atoms with Crippen LogP contribution in [-0.4, -0.2) is 54.4 Å². The van der Waals surface area contributed by atoms with Crippen LogP contribution in [0.15, 0.2) is 0 Å². The minimum Gasteiger partial charge on any atom is -0.395 e. The summed E-state index contributed by atoms with van der Waals surface area (Å²) in [5, 5.41) is 9.45. The summed E-state index contributed by atoms with van der Waals surface area (Å²) in [5.41, 5.74) is 0.245. The van der Waals surface area contributed by atoms with E-state index in [1.807, 2.05) is 0 Å². The fraction of sp³-hybridized carbons (Fsp3) is 1.00. The van der Waals surface area contributed by atoms with Crippen molar-refractivity contribution in [2.75, 3.05) is 26.2 Å². The van der Waals surface area contributed by atoms with Crippen molar-refractivity contribution in [3.63, 3.8) is 0 Å². The Bertz CT molecular complexity index is 436. The van der Waals surface area contributed by atoms with Crippen LogP contribution in [0.4, 0.5) is 0 Å². The first-order valence-electron chi connectivity index (χ1n) is 8.14. The van der Waals surface area contributed by atoms with E-state index in [9.17, 15) is 13.5 Å². The number of aliphatic hydroxyl groups excluding tert-OH is 1. The van der Waals surface area contributed by atoms with Crippen molar-refractivity contribution in [2.24, 2.45) is 11.3 Å². The van der Waals surface area contributed by atoms with Crippen LogP contribution in [0.25, 0.3) is 0 Å². The van der Waals surface area contributed by atoms with Gasteiger partial charge < -0.3 is 5.11 Å². The molecule has 0 aromatic heterocycles. The zero-order valence-corrected chi connectivity index (χ0v) is 14.4. The smallest absolute Gasteiger partial charge is 0.282 e. The van der Waals surface area contributed by atoms with Crippen molar-refractivity contribution in [2.45, 2.75) is 58.9 Å². The molecule has 0 aromatic carbocycles. The summed E-state index contributed by atoms with van der Waals surface area (Å²) in [6.45, 7) is 8.39. The SMILES string of the molecule is CC(C)(C)C1CCN(S(=O)(=O)N2CCCCC2CO)CC1. The number of nitrogens with zero attached hydrogens (tertiary/aromatic N) is 2. The average molecular weight is 318 g/mol.